The van der Waals surface area contributed by atoms with Crippen LogP contribution in [0.4, 0.5) is 10.1 Å². The van der Waals surface area contributed by atoms with Crippen molar-refractivity contribution in [1.82, 2.24) is 0 Å². The third-order valence-corrected chi connectivity index (χ3v) is 2.77. The van der Waals surface area contributed by atoms with Gasteiger partial charge < -0.3 is 10.1 Å². The Morgan fingerprint density at radius 3 is 2.50 bits per heavy atom. The lowest BCUT2D eigenvalue weighted by Crippen LogP contribution is -2.10. The van der Waals surface area contributed by atoms with Crippen molar-refractivity contribution in [3.63, 3.8) is 0 Å². The number of rotatable bonds is 3. The van der Waals surface area contributed by atoms with E-state index >= 15 is 0 Å². The highest BCUT2D eigenvalue weighted by atomic mass is 32.1. The van der Waals surface area contributed by atoms with Gasteiger partial charge in [-0.05, 0) is 36.4 Å². The van der Waals surface area contributed by atoms with E-state index in [1.54, 1.807) is 19.2 Å². The summed E-state index contributed by atoms with van der Waals surface area (Å²) in [7, 11) is 1.61. The summed E-state index contributed by atoms with van der Waals surface area (Å²) in [6, 6.07) is 13.6. The Balaban J connectivity index is 2.11. The molecule has 0 aliphatic carbocycles. The van der Waals surface area contributed by atoms with Crippen molar-refractivity contribution in [3.05, 3.63) is 59.9 Å². The summed E-state index contributed by atoms with van der Waals surface area (Å²) < 4.78 is 18.1. The number of nitrogens with one attached hydrogen (secondary N) is 1. The molecule has 0 unspecified atom stereocenters. The zero-order chi connectivity index (χ0) is 13.0. The van der Waals surface area contributed by atoms with Crippen LogP contribution in [0.5, 0.6) is 5.75 Å². The number of benzene rings is 2. The quantitative estimate of drug-likeness (QED) is 0.853. The first-order valence-electron chi connectivity index (χ1n) is 5.40. The minimum atomic E-state index is -0.300. The average molecular weight is 261 g/mol. The first kappa shape index (κ1) is 12.5. The normalized spacial score (nSPS) is 9.89. The molecule has 0 radical (unpaired) electrons. The van der Waals surface area contributed by atoms with Crippen molar-refractivity contribution < 1.29 is 9.13 Å². The standard InChI is InChI=1S/C14H12FNOS/c1-17-13-7-5-12(6-8-13)16-14(18)10-3-2-4-11(15)9-10/h2-9H,1H3,(H,16,18). The van der Waals surface area contributed by atoms with Gasteiger partial charge >= 0.3 is 0 Å². The number of thiocarbonyl (C=S) groups is 1. The number of ether oxygens (including phenoxy) is 1. The van der Waals surface area contributed by atoms with E-state index in [1.165, 1.54) is 12.1 Å². The molecule has 0 spiro atoms. The minimum Gasteiger partial charge on any atom is -0.497 e. The van der Waals surface area contributed by atoms with Crippen molar-refractivity contribution in [1.29, 1.82) is 0 Å². The molecule has 2 nitrogen and oxygen atoms in total. The molecular formula is C14H12FNOS. The zero-order valence-corrected chi connectivity index (χ0v) is 10.6. The molecule has 0 saturated carbocycles. The minimum absolute atomic E-state index is 0.300. The molecule has 18 heavy (non-hydrogen) atoms. The maximum absolute atomic E-state index is 13.1. The highest BCUT2D eigenvalue weighted by molar-refractivity contribution is 7.81. The second-order valence-electron chi connectivity index (χ2n) is 3.69. The predicted octanol–water partition coefficient (Wildman–Crippen LogP) is 3.62. The molecule has 0 aliphatic heterocycles. The van der Waals surface area contributed by atoms with Crippen LogP contribution in [0.1, 0.15) is 5.56 Å². The van der Waals surface area contributed by atoms with Gasteiger partial charge in [-0.25, -0.2) is 4.39 Å². The molecule has 2 rings (SSSR count). The fourth-order valence-electron chi connectivity index (χ4n) is 1.51. The van der Waals surface area contributed by atoms with Crippen LogP contribution in [-0.2, 0) is 0 Å². The van der Waals surface area contributed by atoms with Crippen LogP contribution < -0.4 is 10.1 Å². The fourth-order valence-corrected chi connectivity index (χ4v) is 1.75. The SMILES string of the molecule is COc1ccc(NC(=S)c2cccc(F)c2)cc1. The van der Waals surface area contributed by atoms with Crippen LogP contribution in [0.25, 0.3) is 0 Å². The van der Waals surface area contributed by atoms with E-state index in [-0.39, 0.29) is 5.82 Å². The van der Waals surface area contributed by atoms with Crippen molar-refractivity contribution in [2.75, 3.05) is 12.4 Å². The van der Waals surface area contributed by atoms with E-state index in [0.29, 0.717) is 10.6 Å². The Hall–Kier alpha value is -1.94. The first-order valence-corrected chi connectivity index (χ1v) is 5.81. The topological polar surface area (TPSA) is 21.3 Å². The van der Waals surface area contributed by atoms with Crippen molar-refractivity contribution in [2.45, 2.75) is 0 Å². The fraction of sp³-hybridized carbons (Fsp3) is 0.0714. The molecule has 0 amide bonds. The van der Waals surface area contributed by atoms with Gasteiger partial charge in [-0.3, -0.25) is 0 Å². The molecule has 0 saturated heterocycles. The van der Waals surface area contributed by atoms with Crippen LogP contribution in [0.2, 0.25) is 0 Å². The number of halogens is 1. The van der Waals surface area contributed by atoms with Gasteiger partial charge in [-0.15, -0.1) is 0 Å². The highest BCUT2D eigenvalue weighted by Crippen LogP contribution is 2.16. The smallest absolute Gasteiger partial charge is 0.123 e. The van der Waals surface area contributed by atoms with Gasteiger partial charge in [0.25, 0.3) is 0 Å². The lowest BCUT2D eigenvalue weighted by Gasteiger charge is -2.08. The summed E-state index contributed by atoms with van der Waals surface area (Å²) in [6.07, 6.45) is 0. The summed E-state index contributed by atoms with van der Waals surface area (Å²) in [5, 5.41) is 3.05. The molecule has 0 heterocycles. The van der Waals surface area contributed by atoms with E-state index in [2.05, 4.69) is 5.32 Å². The zero-order valence-electron chi connectivity index (χ0n) is 9.81. The maximum Gasteiger partial charge on any atom is 0.123 e. The summed E-state index contributed by atoms with van der Waals surface area (Å²) in [4.78, 5) is 0.486. The molecule has 0 fully saturated rings. The van der Waals surface area contributed by atoms with Crippen LogP contribution in [-0.4, -0.2) is 12.1 Å². The third-order valence-electron chi connectivity index (χ3n) is 2.43. The number of hydrogen-bond acceptors (Lipinski definition) is 2. The third kappa shape index (κ3) is 3.05. The van der Waals surface area contributed by atoms with Crippen molar-refractivity contribution in [3.8, 4) is 5.75 Å². The number of anilines is 1. The lowest BCUT2D eigenvalue weighted by atomic mass is 10.2. The molecule has 92 valence electrons. The van der Waals surface area contributed by atoms with Gasteiger partial charge in [0.15, 0.2) is 0 Å². The van der Waals surface area contributed by atoms with E-state index in [9.17, 15) is 4.39 Å². The molecule has 4 heteroatoms. The number of hydrogen-bond donors (Lipinski definition) is 1. The summed E-state index contributed by atoms with van der Waals surface area (Å²) >= 11 is 5.21. The molecule has 2 aromatic rings. The maximum atomic E-state index is 13.1. The van der Waals surface area contributed by atoms with Gasteiger partial charge in [0, 0.05) is 11.3 Å². The van der Waals surface area contributed by atoms with Gasteiger partial charge in [-0.1, -0.05) is 24.4 Å². The van der Waals surface area contributed by atoms with Crippen LogP contribution in [0.15, 0.2) is 48.5 Å². The molecule has 0 aliphatic rings. The Morgan fingerprint density at radius 1 is 1.17 bits per heavy atom. The van der Waals surface area contributed by atoms with Crippen LogP contribution in [0, 0.1) is 5.82 Å². The van der Waals surface area contributed by atoms with Crippen LogP contribution >= 0.6 is 12.2 Å². The molecule has 1 N–H and O–H groups in total. The molecule has 0 atom stereocenters. The largest absolute Gasteiger partial charge is 0.497 e. The summed E-state index contributed by atoms with van der Waals surface area (Å²) in [5.41, 5.74) is 1.49. The Morgan fingerprint density at radius 2 is 1.89 bits per heavy atom. The molecule has 0 aromatic heterocycles. The Kier molecular flexibility index (Phi) is 3.89. The Bertz CT molecular complexity index is 554. The van der Waals surface area contributed by atoms with E-state index in [4.69, 9.17) is 17.0 Å². The molecule has 0 bridgehead atoms. The van der Waals surface area contributed by atoms with E-state index < -0.39 is 0 Å². The van der Waals surface area contributed by atoms with E-state index in [0.717, 1.165) is 11.4 Å². The highest BCUT2D eigenvalue weighted by Gasteiger charge is 2.03. The average Bonchev–Trinajstić information content (AvgIpc) is 2.39. The molecule has 2 aromatic carbocycles. The monoisotopic (exact) mass is 261 g/mol. The van der Waals surface area contributed by atoms with Crippen LogP contribution in [0.3, 0.4) is 0 Å². The predicted molar refractivity (Wildman–Crippen MR) is 74.7 cm³/mol. The second-order valence-corrected chi connectivity index (χ2v) is 4.10. The first-order chi connectivity index (χ1) is 8.69. The van der Waals surface area contributed by atoms with Gasteiger partial charge in [0.2, 0.25) is 0 Å². The van der Waals surface area contributed by atoms with E-state index in [1.807, 2.05) is 24.3 Å². The molecular weight excluding hydrogens is 249 g/mol. The second kappa shape index (κ2) is 5.60. The van der Waals surface area contributed by atoms with Gasteiger partial charge in [0.1, 0.15) is 16.6 Å². The van der Waals surface area contributed by atoms with Gasteiger partial charge in [-0.2, -0.15) is 0 Å². The summed E-state index contributed by atoms with van der Waals surface area (Å²) in [6.45, 7) is 0. The van der Waals surface area contributed by atoms with Crippen molar-refractivity contribution >= 4 is 22.9 Å². The van der Waals surface area contributed by atoms with Gasteiger partial charge in [0.05, 0.1) is 7.11 Å². The Labute approximate surface area is 110 Å². The lowest BCUT2D eigenvalue weighted by molar-refractivity contribution is 0.415. The van der Waals surface area contributed by atoms with Crippen molar-refractivity contribution in [2.24, 2.45) is 0 Å². The summed E-state index contributed by atoms with van der Waals surface area (Å²) in [5.74, 6) is 0.476. The number of methoxy groups -OCH3 is 1.